The summed E-state index contributed by atoms with van der Waals surface area (Å²) in [4.78, 5) is 3.96. The molecule has 1 heterocycles. The minimum absolute atomic E-state index is 0.373. The molecule has 1 aromatic carbocycles. The number of rotatable bonds is 3. The predicted octanol–water partition coefficient (Wildman–Crippen LogP) is 2.49. The van der Waals surface area contributed by atoms with Gasteiger partial charge in [-0.1, -0.05) is 6.07 Å². The zero-order valence-electron chi connectivity index (χ0n) is 10.2. The Balaban J connectivity index is 2.56. The molecule has 94 valence electrons. The van der Waals surface area contributed by atoms with Gasteiger partial charge in [0, 0.05) is 23.5 Å². The normalized spacial score (nSPS) is 14.0. The second-order valence-corrected chi connectivity index (χ2v) is 4.16. The molecule has 0 aliphatic carbocycles. The molecule has 0 saturated carbocycles. The lowest BCUT2D eigenvalue weighted by atomic mass is 9.88. The lowest BCUT2D eigenvalue weighted by Gasteiger charge is -2.26. The minimum atomic E-state index is -1.36. The Morgan fingerprint density at radius 2 is 2.11 bits per heavy atom. The van der Waals surface area contributed by atoms with Crippen molar-refractivity contribution in [2.45, 2.75) is 12.5 Å². The minimum Gasteiger partial charge on any atom is -0.496 e. The summed E-state index contributed by atoms with van der Waals surface area (Å²) in [5, 5.41) is 10.6. The van der Waals surface area contributed by atoms with Crippen LogP contribution in [0.15, 0.2) is 42.7 Å². The zero-order valence-corrected chi connectivity index (χ0v) is 10.2. The molecule has 0 amide bonds. The van der Waals surface area contributed by atoms with Crippen LogP contribution in [-0.4, -0.2) is 17.2 Å². The molecule has 3 nitrogen and oxygen atoms in total. The highest BCUT2D eigenvalue weighted by atomic mass is 19.1. The SMILES string of the molecule is COc1ccc(F)cc1C(C)(O)c1cccnc1. The first-order valence-corrected chi connectivity index (χ1v) is 5.52. The smallest absolute Gasteiger partial charge is 0.125 e. The zero-order chi connectivity index (χ0) is 13.2. The summed E-state index contributed by atoms with van der Waals surface area (Å²) in [5.41, 5.74) is -0.409. The number of aliphatic hydroxyl groups is 1. The van der Waals surface area contributed by atoms with Crippen LogP contribution in [0.2, 0.25) is 0 Å². The third kappa shape index (κ3) is 2.19. The van der Waals surface area contributed by atoms with Gasteiger partial charge in [-0.15, -0.1) is 0 Å². The maximum Gasteiger partial charge on any atom is 0.125 e. The van der Waals surface area contributed by atoms with Crippen molar-refractivity contribution >= 4 is 0 Å². The average Bonchev–Trinajstić information content (AvgIpc) is 2.39. The topological polar surface area (TPSA) is 42.4 Å². The fourth-order valence-electron chi connectivity index (χ4n) is 1.87. The molecule has 2 aromatic rings. The van der Waals surface area contributed by atoms with E-state index in [1.807, 2.05) is 0 Å². The molecular formula is C14H14FNO2. The quantitative estimate of drug-likeness (QED) is 0.906. The Labute approximate surface area is 105 Å². The van der Waals surface area contributed by atoms with Crippen LogP contribution in [0.25, 0.3) is 0 Å². The van der Waals surface area contributed by atoms with Crippen LogP contribution < -0.4 is 4.74 Å². The lowest BCUT2D eigenvalue weighted by molar-refractivity contribution is 0.0981. The van der Waals surface area contributed by atoms with Crippen LogP contribution in [0, 0.1) is 5.82 Å². The van der Waals surface area contributed by atoms with Crippen LogP contribution in [0.3, 0.4) is 0 Å². The van der Waals surface area contributed by atoms with E-state index in [0.717, 1.165) is 0 Å². The van der Waals surface area contributed by atoms with Gasteiger partial charge >= 0.3 is 0 Å². The number of halogens is 1. The number of hydrogen-bond donors (Lipinski definition) is 1. The third-order valence-corrected chi connectivity index (χ3v) is 2.91. The van der Waals surface area contributed by atoms with E-state index in [0.29, 0.717) is 16.9 Å². The van der Waals surface area contributed by atoms with Gasteiger partial charge in [-0.2, -0.15) is 0 Å². The number of hydrogen-bond acceptors (Lipinski definition) is 3. The number of benzene rings is 1. The summed E-state index contributed by atoms with van der Waals surface area (Å²) < 4.78 is 18.5. The molecule has 0 aliphatic rings. The summed E-state index contributed by atoms with van der Waals surface area (Å²) in [6.45, 7) is 1.58. The van der Waals surface area contributed by atoms with E-state index < -0.39 is 11.4 Å². The van der Waals surface area contributed by atoms with E-state index in [1.54, 1.807) is 31.5 Å². The summed E-state index contributed by atoms with van der Waals surface area (Å²) in [6, 6.07) is 7.51. The Hall–Kier alpha value is -1.94. The molecule has 1 N–H and O–H groups in total. The Bertz CT molecular complexity index is 541. The van der Waals surface area contributed by atoms with Gasteiger partial charge in [0.15, 0.2) is 0 Å². The molecular weight excluding hydrogens is 233 g/mol. The average molecular weight is 247 g/mol. The van der Waals surface area contributed by atoms with E-state index in [-0.39, 0.29) is 0 Å². The molecule has 1 unspecified atom stereocenters. The summed E-state index contributed by atoms with van der Waals surface area (Å²) in [7, 11) is 1.48. The van der Waals surface area contributed by atoms with Crippen molar-refractivity contribution in [2.75, 3.05) is 7.11 Å². The van der Waals surface area contributed by atoms with Gasteiger partial charge in [-0.25, -0.2) is 4.39 Å². The van der Waals surface area contributed by atoms with Crippen molar-refractivity contribution in [3.63, 3.8) is 0 Å². The fourth-order valence-corrected chi connectivity index (χ4v) is 1.87. The molecule has 2 rings (SSSR count). The first-order chi connectivity index (χ1) is 8.55. The Kier molecular flexibility index (Phi) is 3.30. The van der Waals surface area contributed by atoms with E-state index in [9.17, 15) is 9.50 Å². The highest BCUT2D eigenvalue weighted by Gasteiger charge is 2.29. The largest absolute Gasteiger partial charge is 0.496 e. The molecule has 18 heavy (non-hydrogen) atoms. The second-order valence-electron chi connectivity index (χ2n) is 4.16. The number of methoxy groups -OCH3 is 1. The van der Waals surface area contributed by atoms with Crippen LogP contribution in [0.1, 0.15) is 18.1 Å². The number of pyridine rings is 1. The van der Waals surface area contributed by atoms with Gasteiger partial charge in [0.05, 0.1) is 7.11 Å². The maximum absolute atomic E-state index is 13.3. The van der Waals surface area contributed by atoms with Gasteiger partial charge in [-0.05, 0) is 31.2 Å². The second kappa shape index (κ2) is 4.74. The molecule has 0 bridgehead atoms. The molecule has 0 spiro atoms. The van der Waals surface area contributed by atoms with Crippen LogP contribution >= 0.6 is 0 Å². The third-order valence-electron chi connectivity index (χ3n) is 2.91. The molecule has 1 atom stereocenters. The number of nitrogens with zero attached hydrogens (tertiary/aromatic N) is 1. The first-order valence-electron chi connectivity index (χ1n) is 5.52. The van der Waals surface area contributed by atoms with Gasteiger partial charge in [0.2, 0.25) is 0 Å². The highest BCUT2D eigenvalue weighted by Crippen LogP contribution is 2.35. The van der Waals surface area contributed by atoms with Gasteiger partial charge in [0.25, 0.3) is 0 Å². The van der Waals surface area contributed by atoms with Crippen LogP contribution in [0.4, 0.5) is 4.39 Å². The summed E-state index contributed by atoms with van der Waals surface area (Å²) >= 11 is 0. The molecule has 0 aliphatic heterocycles. The summed E-state index contributed by atoms with van der Waals surface area (Å²) in [6.07, 6.45) is 3.16. The van der Waals surface area contributed by atoms with E-state index in [2.05, 4.69) is 4.98 Å². The van der Waals surface area contributed by atoms with Crippen LogP contribution in [0.5, 0.6) is 5.75 Å². The Morgan fingerprint density at radius 3 is 2.72 bits per heavy atom. The predicted molar refractivity (Wildman–Crippen MR) is 65.9 cm³/mol. The highest BCUT2D eigenvalue weighted by molar-refractivity contribution is 5.43. The van der Waals surface area contributed by atoms with Gasteiger partial charge in [0.1, 0.15) is 17.2 Å². The van der Waals surface area contributed by atoms with E-state index in [4.69, 9.17) is 4.74 Å². The van der Waals surface area contributed by atoms with E-state index in [1.165, 1.54) is 25.3 Å². The summed E-state index contributed by atoms with van der Waals surface area (Å²) in [5.74, 6) is 0.0141. The van der Waals surface area contributed by atoms with Crippen molar-refractivity contribution in [2.24, 2.45) is 0 Å². The van der Waals surface area contributed by atoms with Crippen molar-refractivity contribution < 1.29 is 14.2 Å². The van der Waals surface area contributed by atoms with Crippen LogP contribution in [-0.2, 0) is 5.60 Å². The molecule has 0 radical (unpaired) electrons. The van der Waals surface area contributed by atoms with Crippen molar-refractivity contribution in [3.05, 3.63) is 59.7 Å². The lowest BCUT2D eigenvalue weighted by Crippen LogP contribution is -2.24. The first kappa shape index (κ1) is 12.5. The van der Waals surface area contributed by atoms with Gasteiger partial charge < -0.3 is 9.84 Å². The maximum atomic E-state index is 13.3. The van der Waals surface area contributed by atoms with Gasteiger partial charge in [-0.3, -0.25) is 4.98 Å². The Morgan fingerprint density at radius 1 is 1.33 bits per heavy atom. The fraction of sp³-hybridized carbons (Fsp3) is 0.214. The number of aromatic nitrogens is 1. The van der Waals surface area contributed by atoms with Crippen molar-refractivity contribution in [1.29, 1.82) is 0 Å². The van der Waals surface area contributed by atoms with Crippen molar-refractivity contribution in [3.8, 4) is 5.75 Å². The number of ether oxygens (including phenoxy) is 1. The monoisotopic (exact) mass is 247 g/mol. The molecule has 4 heteroatoms. The molecule has 0 fully saturated rings. The standard InChI is InChI=1S/C14H14FNO2/c1-14(17,10-4-3-7-16-9-10)12-8-11(15)5-6-13(12)18-2/h3-9,17H,1-2H3. The molecule has 0 saturated heterocycles. The van der Waals surface area contributed by atoms with Crippen molar-refractivity contribution in [1.82, 2.24) is 4.98 Å². The molecule has 1 aromatic heterocycles. The van der Waals surface area contributed by atoms with E-state index >= 15 is 0 Å².